The molecule has 7 atom stereocenters. The maximum Gasteiger partial charge on any atom is 0.481 e. The number of hydrogen-bond acceptors (Lipinski definition) is 19. The number of carbonyl (C=O) groups is 3. The molecule has 0 radical (unpaired) electrons. The molecule has 25 nitrogen and oxygen atoms in total. The first-order chi connectivity index (χ1) is 24.6. The van der Waals surface area contributed by atoms with Crippen LogP contribution >= 0.6 is 35.2 Å². The number of nitrogens with two attached hydrogens (primary N) is 1. The normalized spacial score (nSPS) is 22.2. The summed E-state index contributed by atoms with van der Waals surface area (Å²) < 4.78 is 61.9. The van der Waals surface area contributed by atoms with Crippen molar-refractivity contribution < 1.29 is 85.6 Å². The molecule has 2 amide bonds. The zero-order valence-electron chi connectivity index (χ0n) is 27.9. The molecule has 0 aliphatic carbocycles. The van der Waals surface area contributed by atoms with E-state index in [0.29, 0.717) is 0 Å². The second-order valence-corrected chi connectivity index (χ2v) is 17.2. The third-order valence-electron chi connectivity index (χ3n) is 7.08. The Morgan fingerprint density at radius 1 is 1.06 bits per heavy atom. The van der Waals surface area contributed by atoms with Gasteiger partial charge in [-0.05, 0) is 0 Å². The Bertz CT molecular complexity index is 1750. The number of phosphoric acid groups is 3. The van der Waals surface area contributed by atoms with Gasteiger partial charge in [-0.3, -0.25) is 32.5 Å². The number of hydrogen-bond donors (Lipinski definition) is 10. The van der Waals surface area contributed by atoms with E-state index < -0.39 is 84.6 Å². The number of aromatic nitrogens is 4. The summed E-state index contributed by atoms with van der Waals surface area (Å²) in [6.07, 6.45) is -6.99. The molecular formula is C24H40N7O18P3S. The highest BCUT2D eigenvalue weighted by molar-refractivity contribution is 8.13. The molecule has 1 fully saturated rings. The van der Waals surface area contributed by atoms with Crippen LogP contribution in [0.1, 0.15) is 32.9 Å². The minimum Gasteiger partial charge on any atom is -0.396 e. The van der Waals surface area contributed by atoms with Gasteiger partial charge in [-0.15, -0.1) is 0 Å². The van der Waals surface area contributed by atoms with Gasteiger partial charge in [0, 0.05) is 37.1 Å². The molecule has 0 spiro atoms. The first-order valence-electron chi connectivity index (χ1n) is 15.2. The van der Waals surface area contributed by atoms with Crippen LogP contribution in [0.2, 0.25) is 0 Å². The van der Waals surface area contributed by atoms with Crippen molar-refractivity contribution in [3.63, 3.8) is 0 Å². The van der Waals surface area contributed by atoms with Crippen molar-refractivity contribution in [1.29, 1.82) is 0 Å². The zero-order chi connectivity index (χ0) is 39.8. The van der Waals surface area contributed by atoms with Crippen molar-refractivity contribution in [3.05, 3.63) is 12.7 Å². The van der Waals surface area contributed by atoms with Crippen LogP contribution in [0.5, 0.6) is 0 Å². The minimum absolute atomic E-state index is 0.0134. The van der Waals surface area contributed by atoms with Crippen LogP contribution in [0.3, 0.4) is 0 Å². The number of nitrogens with zero attached hydrogens (tertiary/aromatic N) is 4. The molecule has 1 aliphatic heterocycles. The van der Waals surface area contributed by atoms with E-state index in [0.717, 1.165) is 29.0 Å². The minimum atomic E-state index is -5.57. The zero-order valence-corrected chi connectivity index (χ0v) is 31.4. The third-order valence-corrected chi connectivity index (χ3v) is 11.1. The Hall–Kier alpha value is -2.48. The fraction of sp³-hybridized carbons (Fsp3) is 0.667. The van der Waals surface area contributed by atoms with Crippen molar-refractivity contribution in [2.24, 2.45) is 5.41 Å². The van der Waals surface area contributed by atoms with Gasteiger partial charge in [0.25, 0.3) is 0 Å². The van der Waals surface area contributed by atoms with Crippen molar-refractivity contribution in [3.8, 4) is 0 Å². The lowest BCUT2D eigenvalue weighted by Gasteiger charge is -2.30. The van der Waals surface area contributed by atoms with Gasteiger partial charge in [0.1, 0.15) is 36.3 Å². The SMILES string of the molecule is CC(C)(COP(=O)(O)OP(=O)(O)OC[C@H]1O[C@@H](n2cnc3c(N)ncnc32)[C@H](O)[C@@H]1OP(=O)(O)O)[C@@H](O)C(=O)NCCC(=O)NCCSC(=O)CCO. The Labute approximate surface area is 304 Å². The van der Waals surface area contributed by atoms with Crippen molar-refractivity contribution in [2.45, 2.75) is 57.3 Å². The summed E-state index contributed by atoms with van der Waals surface area (Å²) >= 11 is 0.935. The number of aliphatic hydroxyl groups excluding tert-OH is 3. The standard InChI is InChI=1S/C24H40N7O18P3S/c1-24(2,19(36)22(37)27-5-3-14(33)26-6-8-53-15(34)4-7-32)10-46-52(43,44)49-51(41,42)45-9-13-18(48-50(38,39)40)17(35)23(47-13)31-12-30-16-20(25)28-11-29-21(16)31/h11-13,17-19,23,32,35-36H,3-10H2,1-2H3,(H,26,33)(H,27,37)(H,41,42)(H,43,44)(H2,25,28,29)(H2,38,39,40)/t13-,17-,18-,19+,23-/m1/s1. The Kier molecular flexibility index (Phi) is 16.0. The lowest BCUT2D eigenvalue weighted by atomic mass is 9.87. The maximum atomic E-state index is 12.6. The summed E-state index contributed by atoms with van der Waals surface area (Å²) in [5, 5.41) is 34.6. The predicted molar refractivity (Wildman–Crippen MR) is 179 cm³/mol. The molecule has 2 unspecified atom stereocenters. The molecule has 11 N–H and O–H groups in total. The number of nitrogens with one attached hydrogen (secondary N) is 2. The molecule has 0 bridgehead atoms. The maximum absolute atomic E-state index is 12.6. The molecule has 0 saturated carbocycles. The topological polar surface area (TPSA) is 384 Å². The molecule has 1 aliphatic rings. The number of nitrogen functional groups attached to an aromatic ring is 1. The van der Waals surface area contributed by atoms with Gasteiger partial charge in [0.2, 0.25) is 11.8 Å². The molecule has 29 heteroatoms. The lowest BCUT2D eigenvalue weighted by molar-refractivity contribution is -0.137. The van der Waals surface area contributed by atoms with Gasteiger partial charge < -0.3 is 56.0 Å². The quantitative estimate of drug-likeness (QED) is 0.0482. The van der Waals surface area contributed by atoms with E-state index in [1.54, 1.807) is 0 Å². The number of carbonyl (C=O) groups excluding carboxylic acids is 3. The number of rotatable bonds is 21. The molecule has 3 rings (SSSR count). The molecule has 3 heterocycles. The van der Waals surface area contributed by atoms with E-state index in [1.165, 1.54) is 13.8 Å². The Morgan fingerprint density at radius 3 is 2.40 bits per heavy atom. The third kappa shape index (κ3) is 13.6. The lowest BCUT2D eigenvalue weighted by Crippen LogP contribution is -2.46. The van der Waals surface area contributed by atoms with E-state index in [-0.39, 0.29) is 60.4 Å². The number of amides is 2. The van der Waals surface area contributed by atoms with E-state index in [9.17, 15) is 57.9 Å². The van der Waals surface area contributed by atoms with Crippen LogP contribution < -0.4 is 16.4 Å². The average molecular weight is 840 g/mol. The molecule has 0 aromatic carbocycles. The van der Waals surface area contributed by atoms with E-state index in [2.05, 4.69) is 34.4 Å². The van der Waals surface area contributed by atoms with Crippen molar-refractivity contribution in [1.82, 2.24) is 30.2 Å². The van der Waals surface area contributed by atoms with E-state index >= 15 is 0 Å². The first kappa shape index (κ1) is 44.9. The highest BCUT2D eigenvalue weighted by Crippen LogP contribution is 2.61. The van der Waals surface area contributed by atoms with Gasteiger partial charge in [-0.25, -0.2) is 28.6 Å². The molecule has 300 valence electrons. The fourth-order valence-electron chi connectivity index (χ4n) is 4.46. The summed E-state index contributed by atoms with van der Waals surface area (Å²) in [5.41, 5.74) is 4.23. The van der Waals surface area contributed by atoms with E-state index in [4.69, 9.17) is 24.6 Å². The summed E-state index contributed by atoms with van der Waals surface area (Å²) in [6, 6.07) is 0. The predicted octanol–water partition coefficient (Wildman–Crippen LogP) is -1.95. The van der Waals surface area contributed by atoms with Crippen LogP contribution in [0.15, 0.2) is 12.7 Å². The summed E-state index contributed by atoms with van der Waals surface area (Å²) in [5.74, 6) is -1.24. The number of thioether (sulfide) groups is 1. The molecule has 53 heavy (non-hydrogen) atoms. The monoisotopic (exact) mass is 839 g/mol. The summed E-state index contributed by atoms with van der Waals surface area (Å²) in [6.45, 7) is 0.0885. The molecular weight excluding hydrogens is 799 g/mol. The number of ether oxygens (including phenoxy) is 1. The van der Waals surface area contributed by atoms with Crippen molar-refractivity contribution >= 4 is 69.1 Å². The van der Waals surface area contributed by atoms with Gasteiger partial charge >= 0.3 is 23.5 Å². The number of anilines is 1. The summed E-state index contributed by atoms with van der Waals surface area (Å²) in [4.78, 5) is 86.5. The molecule has 1 saturated heterocycles. The first-order valence-corrected chi connectivity index (χ1v) is 20.7. The second-order valence-electron chi connectivity index (χ2n) is 11.8. The smallest absolute Gasteiger partial charge is 0.396 e. The van der Waals surface area contributed by atoms with Gasteiger partial charge in [-0.2, -0.15) is 4.31 Å². The van der Waals surface area contributed by atoms with Crippen molar-refractivity contribution in [2.75, 3.05) is 44.4 Å². The molecule has 2 aromatic rings. The van der Waals surface area contributed by atoms with Crippen LogP contribution in [0.25, 0.3) is 11.2 Å². The number of aliphatic hydroxyl groups is 3. The number of phosphoric ester groups is 3. The second kappa shape index (κ2) is 18.9. The average Bonchev–Trinajstić information content (AvgIpc) is 3.61. The fourth-order valence-corrected chi connectivity index (χ4v) is 7.95. The van der Waals surface area contributed by atoms with Crippen LogP contribution in [-0.4, -0.2) is 134 Å². The van der Waals surface area contributed by atoms with Gasteiger partial charge in [-0.1, -0.05) is 25.6 Å². The largest absolute Gasteiger partial charge is 0.481 e. The van der Waals surface area contributed by atoms with Crippen LogP contribution in [-0.2, 0) is 50.7 Å². The van der Waals surface area contributed by atoms with Gasteiger partial charge in [0.05, 0.1) is 26.1 Å². The van der Waals surface area contributed by atoms with E-state index in [1.807, 2.05) is 0 Å². The Morgan fingerprint density at radius 2 is 1.74 bits per heavy atom. The highest BCUT2D eigenvalue weighted by Gasteiger charge is 2.50. The summed E-state index contributed by atoms with van der Waals surface area (Å²) in [7, 11) is -16.4. The highest BCUT2D eigenvalue weighted by atomic mass is 32.2. The number of imidazole rings is 1. The van der Waals surface area contributed by atoms with Crippen LogP contribution in [0, 0.1) is 5.41 Å². The van der Waals surface area contributed by atoms with Gasteiger partial charge in [0.15, 0.2) is 22.8 Å². The Balaban J connectivity index is 1.52. The van der Waals surface area contributed by atoms with Crippen LogP contribution in [0.4, 0.5) is 5.82 Å². The number of fused-ring (bicyclic) bond motifs is 1. The molecule has 2 aromatic heterocycles.